The smallest absolute Gasteiger partial charge is 0.324 e. The second kappa shape index (κ2) is 10.0. The quantitative estimate of drug-likeness (QED) is 0.744. The Morgan fingerprint density at radius 1 is 1.10 bits per heavy atom. The summed E-state index contributed by atoms with van der Waals surface area (Å²) in [7, 11) is 1.96. The van der Waals surface area contributed by atoms with E-state index in [-0.39, 0.29) is 36.7 Å². The number of hydrogen-bond donors (Lipinski definition) is 1. The van der Waals surface area contributed by atoms with Gasteiger partial charge in [0.1, 0.15) is 0 Å². The van der Waals surface area contributed by atoms with Crippen molar-refractivity contribution in [3.8, 4) is 0 Å². The normalized spacial score (nSPS) is 24.5. The topological polar surface area (TPSA) is 81.2 Å². The SMILES string of the molecule is CN1CCc2ccc(N3CCN(C4CCC(CCC(=O)O)CC4)C3=O)cc2C(=O)C1.Cl. The van der Waals surface area contributed by atoms with Crippen molar-refractivity contribution >= 4 is 35.9 Å². The molecule has 8 heteroatoms. The zero-order valence-electron chi connectivity index (χ0n) is 18.1. The molecule has 2 amide bonds. The number of likely N-dealkylation sites (N-methyl/N-ethyl adjacent to an activating group) is 1. The molecule has 2 aliphatic heterocycles. The second-order valence-electron chi connectivity index (χ2n) is 8.99. The van der Waals surface area contributed by atoms with Crippen LogP contribution in [0.4, 0.5) is 10.5 Å². The van der Waals surface area contributed by atoms with Gasteiger partial charge < -0.3 is 10.0 Å². The fourth-order valence-electron chi connectivity index (χ4n) is 5.14. The number of carbonyl (C=O) groups is 3. The van der Waals surface area contributed by atoms with E-state index in [2.05, 4.69) is 0 Å². The van der Waals surface area contributed by atoms with Gasteiger partial charge in [0.05, 0.1) is 6.54 Å². The van der Waals surface area contributed by atoms with Gasteiger partial charge in [0, 0.05) is 43.3 Å². The van der Waals surface area contributed by atoms with E-state index in [9.17, 15) is 14.4 Å². The van der Waals surface area contributed by atoms with E-state index in [1.54, 1.807) is 4.90 Å². The van der Waals surface area contributed by atoms with Crippen molar-refractivity contribution in [3.05, 3.63) is 29.3 Å². The second-order valence-corrected chi connectivity index (χ2v) is 8.99. The number of fused-ring (bicyclic) bond motifs is 1. The van der Waals surface area contributed by atoms with Crippen molar-refractivity contribution in [3.63, 3.8) is 0 Å². The fraction of sp³-hybridized carbons (Fsp3) is 0.609. The average molecular weight is 450 g/mol. The molecule has 2 heterocycles. The number of amides is 2. The summed E-state index contributed by atoms with van der Waals surface area (Å²) in [5, 5.41) is 8.88. The number of anilines is 1. The molecule has 1 aromatic carbocycles. The molecule has 2 fully saturated rings. The number of halogens is 1. The zero-order valence-corrected chi connectivity index (χ0v) is 18.9. The first-order chi connectivity index (χ1) is 14.4. The minimum atomic E-state index is -0.728. The summed E-state index contributed by atoms with van der Waals surface area (Å²) in [6, 6.07) is 6.15. The van der Waals surface area contributed by atoms with Crippen LogP contribution in [-0.2, 0) is 11.2 Å². The highest BCUT2D eigenvalue weighted by Gasteiger charge is 2.36. The van der Waals surface area contributed by atoms with Crippen molar-refractivity contribution in [2.24, 2.45) is 5.92 Å². The number of rotatable bonds is 5. The molecule has 7 nitrogen and oxygen atoms in total. The zero-order chi connectivity index (χ0) is 21.3. The Bertz CT molecular complexity index is 838. The highest BCUT2D eigenvalue weighted by atomic mass is 35.5. The van der Waals surface area contributed by atoms with Gasteiger partial charge in [-0.2, -0.15) is 0 Å². The van der Waals surface area contributed by atoms with Gasteiger partial charge in [0.25, 0.3) is 0 Å². The monoisotopic (exact) mass is 449 g/mol. The lowest BCUT2D eigenvalue weighted by molar-refractivity contribution is -0.137. The third kappa shape index (κ3) is 5.21. The summed E-state index contributed by atoms with van der Waals surface area (Å²) in [6.45, 7) is 2.63. The Labute approximate surface area is 189 Å². The van der Waals surface area contributed by atoms with Gasteiger partial charge in [-0.1, -0.05) is 6.07 Å². The molecule has 0 unspecified atom stereocenters. The highest BCUT2D eigenvalue weighted by Crippen LogP contribution is 2.33. The van der Waals surface area contributed by atoms with Gasteiger partial charge >= 0.3 is 12.0 Å². The van der Waals surface area contributed by atoms with E-state index in [4.69, 9.17) is 5.11 Å². The number of carboxylic acid groups (broad SMARTS) is 1. The maximum Gasteiger partial charge on any atom is 0.324 e. The molecule has 0 spiro atoms. The molecule has 31 heavy (non-hydrogen) atoms. The summed E-state index contributed by atoms with van der Waals surface area (Å²) >= 11 is 0. The van der Waals surface area contributed by atoms with Crippen molar-refractivity contribution in [1.29, 1.82) is 0 Å². The maximum atomic E-state index is 13.2. The Kier molecular flexibility index (Phi) is 7.59. The Morgan fingerprint density at radius 3 is 2.55 bits per heavy atom. The van der Waals surface area contributed by atoms with Crippen LogP contribution in [0.3, 0.4) is 0 Å². The molecular weight excluding hydrogens is 418 g/mol. The van der Waals surface area contributed by atoms with Crippen molar-refractivity contribution < 1.29 is 19.5 Å². The van der Waals surface area contributed by atoms with Gasteiger partial charge in [0.15, 0.2) is 5.78 Å². The largest absolute Gasteiger partial charge is 0.481 e. The number of hydrogen-bond acceptors (Lipinski definition) is 4. The van der Waals surface area contributed by atoms with E-state index >= 15 is 0 Å². The van der Waals surface area contributed by atoms with Crippen LogP contribution in [0.5, 0.6) is 0 Å². The fourth-order valence-corrected chi connectivity index (χ4v) is 5.14. The van der Waals surface area contributed by atoms with Crippen LogP contribution in [0.15, 0.2) is 18.2 Å². The van der Waals surface area contributed by atoms with E-state index in [0.29, 0.717) is 25.6 Å². The number of aliphatic carboxylic acids is 1. The van der Waals surface area contributed by atoms with Gasteiger partial charge in [-0.3, -0.25) is 19.4 Å². The van der Waals surface area contributed by atoms with Crippen LogP contribution in [0.25, 0.3) is 0 Å². The van der Waals surface area contributed by atoms with Crippen LogP contribution < -0.4 is 4.90 Å². The minimum absolute atomic E-state index is 0. The molecule has 4 rings (SSSR count). The number of Topliss-reactive ketones (excluding diaryl/α,β-unsaturated/α-hetero) is 1. The summed E-state index contributed by atoms with van der Waals surface area (Å²) in [5.74, 6) is -0.150. The molecular formula is C23H32ClN3O4. The van der Waals surface area contributed by atoms with E-state index in [1.807, 2.05) is 35.0 Å². The molecule has 1 saturated heterocycles. The van der Waals surface area contributed by atoms with Crippen LogP contribution in [0, 0.1) is 5.92 Å². The van der Waals surface area contributed by atoms with E-state index < -0.39 is 5.97 Å². The number of benzene rings is 1. The highest BCUT2D eigenvalue weighted by molar-refractivity contribution is 6.02. The lowest BCUT2D eigenvalue weighted by Gasteiger charge is -2.34. The standard InChI is InChI=1S/C23H31N3O4.ClH/c1-24-11-10-17-5-8-19(14-20(17)21(27)15-24)26-13-12-25(23(26)30)18-6-2-16(3-7-18)4-9-22(28)29;/h5,8,14,16,18H,2-4,6-7,9-13,15H2,1H3,(H,28,29);1H. The Balaban J connectivity index is 0.00000272. The maximum absolute atomic E-state index is 13.2. The van der Waals surface area contributed by atoms with Crippen LogP contribution in [-0.4, -0.2) is 72.0 Å². The summed E-state index contributed by atoms with van der Waals surface area (Å²) < 4.78 is 0. The summed E-state index contributed by atoms with van der Waals surface area (Å²) in [4.78, 5) is 42.4. The van der Waals surface area contributed by atoms with Gasteiger partial charge in [-0.15, -0.1) is 12.4 Å². The number of carbonyl (C=O) groups excluding carboxylic acids is 2. The lowest BCUT2D eigenvalue weighted by Crippen LogP contribution is -2.41. The Morgan fingerprint density at radius 2 is 1.84 bits per heavy atom. The third-order valence-corrected chi connectivity index (χ3v) is 6.95. The van der Waals surface area contributed by atoms with Gasteiger partial charge in [-0.05, 0) is 69.2 Å². The van der Waals surface area contributed by atoms with Gasteiger partial charge in [0.2, 0.25) is 0 Å². The molecule has 1 saturated carbocycles. The first-order valence-electron chi connectivity index (χ1n) is 11.1. The minimum Gasteiger partial charge on any atom is -0.481 e. The van der Waals surface area contributed by atoms with Crippen molar-refractivity contribution in [2.45, 2.75) is 51.0 Å². The lowest BCUT2D eigenvalue weighted by atomic mass is 9.83. The molecule has 1 aromatic rings. The molecule has 3 aliphatic rings. The molecule has 1 N–H and O–H groups in total. The molecule has 0 atom stereocenters. The van der Waals surface area contributed by atoms with Crippen LogP contribution in [0.1, 0.15) is 54.4 Å². The van der Waals surface area contributed by atoms with E-state index in [1.165, 1.54) is 0 Å². The Hall–Kier alpha value is -2.12. The van der Waals surface area contributed by atoms with Crippen molar-refractivity contribution in [2.75, 3.05) is 38.1 Å². The number of carboxylic acids is 1. The van der Waals surface area contributed by atoms with E-state index in [0.717, 1.165) is 61.9 Å². The molecule has 0 radical (unpaired) electrons. The average Bonchev–Trinajstić information content (AvgIpc) is 3.05. The molecule has 170 valence electrons. The molecule has 0 aromatic heterocycles. The predicted octanol–water partition coefficient (Wildman–Crippen LogP) is 3.44. The van der Waals surface area contributed by atoms with Crippen molar-refractivity contribution in [1.82, 2.24) is 9.80 Å². The van der Waals surface area contributed by atoms with Crippen LogP contribution in [0.2, 0.25) is 0 Å². The first kappa shape index (κ1) is 23.5. The van der Waals surface area contributed by atoms with Crippen LogP contribution >= 0.6 is 12.4 Å². The molecule has 1 aliphatic carbocycles. The molecule has 0 bridgehead atoms. The van der Waals surface area contributed by atoms with Gasteiger partial charge in [-0.25, -0.2) is 4.79 Å². The first-order valence-corrected chi connectivity index (χ1v) is 11.1. The third-order valence-electron chi connectivity index (χ3n) is 6.95. The predicted molar refractivity (Wildman–Crippen MR) is 121 cm³/mol. The number of ketones is 1. The summed E-state index contributed by atoms with van der Waals surface area (Å²) in [6.07, 6.45) is 5.69. The number of urea groups is 1. The summed E-state index contributed by atoms with van der Waals surface area (Å²) in [5.41, 5.74) is 2.63. The number of nitrogens with zero attached hydrogens (tertiary/aromatic N) is 3.